The van der Waals surface area contributed by atoms with Crippen molar-refractivity contribution >= 4 is 74.4 Å². The van der Waals surface area contributed by atoms with E-state index in [2.05, 4.69) is 145 Å². The van der Waals surface area contributed by atoms with Gasteiger partial charge < -0.3 is 54.7 Å². The number of ether oxygens (including phenoxy) is 3. The summed E-state index contributed by atoms with van der Waals surface area (Å²) in [5.74, 6) is 0.598. The molecule has 95 heavy (non-hydrogen) atoms. The van der Waals surface area contributed by atoms with E-state index in [0.29, 0.717) is 63.4 Å². The number of benzene rings is 5. The number of hydrogen-bond acceptors (Lipinski definition) is 12. The van der Waals surface area contributed by atoms with Crippen LogP contribution >= 0.6 is 15.9 Å². The van der Waals surface area contributed by atoms with Gasteiger partial charge in [0, 0.05) is 90.0 Å². The predicted molar refractivity (Wildman–Crippen MR) is 378 cm³/mol. The zero-order valence-corrected chi connectivity index (χ0v) is 58.8. The fourth-order valence-corrected chi connectivity index (χ4v) is 12.8. The molecule has 0 saturated carbocycles. The van der Waals surface area contributed by atoms with Gasteiger partial charge in [-0.15, -0.1) is 0 Å². The first-order chi connectivity index (χ1) is 44.8. The monoisotopic (exact) mass is 1350 g/mol. The maximum atomic E-state index is 12.9. The molecule has 0 atom stereocenters. The van der Waals surface area contributed by atoms with Crippen LogP contribution in [-0.2, 0) is 53.1 Å². The van der Waals surface area contributed by atoms with Gasteiger partial charge in [0.1, 0.15) is 27.2 Å². The van der Waals surface area contributed by atoms with Crippen molar-refractivity contribution in [1.82, 2.24) is 54.0 Å². The summed E-state index contributed by atoms with van der Waals surface area (Å²) >= 11 is 3.70. The van der Waals surface area contributed by atoms with Crippen molar-refractivity contribution in [2.24, 2.45) is 0 Å². The molecule has 5 aromatic heterocycles. The van der Waals surface area contributed by atoms with Crippen molar-refractivity contribution in [1.29, 1.82) is 0 Å². The van der Waals surface area contributed by atoms with E-state index in [-0.39, 0.29) is 18.3 Å². The molecule has 0 saturated heterocycles. The molecule has 498 valence electrons. The molecule has 0 bridgehead atoms. The third-order valence-electron chi connectivity index (χ3n) is 16.7. The minimum absolute atomic E-state index is 0.273. The molecule has 0 spiro atoms. The third kappa shape index (κ3) is 15.7. The molecule has 0 radical (unpaired) electrons. The van der Waals surface area contributed by atoms with E-state index in [1.54, 1.807) is 26.8 Å². The maximum Gasteiger partial charge on any atom is 0.488 e. The van der Waals surface area contributed by atoms with Gasteiger partial charge in [0.2, 0.25) is 0 Å². The Morgan fingerprint density at radius 3 is 1.32 bits per heavy atom. The summed E-state index contributed by atoms with van der Waals surface area (Å²) in [4.78, 5) is 49.1. The summed E-state index contributed by atoms with van der Waals surface area (Å²) in [5, 5.41) is 34.5. The van der Waals surface area contributed by atoms with Crippen LogP contribution in [0, 0.1) is 41.5 Å². The second kappa shape index (κ2) is 27.7. The summed E-state index contributed by atoms with van der Waals surface area (Å²) in [6.45, 7) is 32.7. The molecule has 20 nitrogen and oxygen atoms in total. The number of nitrogens with two attached hydrogens (primary N) is 1. The highest BCUT2D eigenvalue weighted by Gasteiger charge is 2.34. The Labute approximate surface area is 564 Å². The smallest absolute Gasteiger partial charge is 0.444 e. The number of H-pyrrole nitrogens is 2. The molecule has 22 heteroatoms. The van der Waals surface area contributed by atoms with Crippen molar-refractivity contribution in [3.8, 4) is 28.3 Å². The van der Waals surface area contributed by atoms with E-state index in [4.69, 9.17) is 45.3 Å². The lowest BCUT2D eigenvalue weighted by Gasteiger charge is -2.30. The molecular weight excluding hydrogens is 1260 g/mol. The number of fused-ring (bicyclic) bond motifs is 5. The second-order valence-electron chi connectivity index (χ2n) is 27.7. The number of hydrogen-bond donors (Lipinski definition) is 5. The number of nitrogens with one attached hydrogen (secondary N) is 2. The molecule has 6 N–H and O–H groups in total. The van der Waals surface area contributed by atoms with Crippen LogP contribution < -0.4 is 11.2 Å². The Kier molecular flexibility index (Phi) is 20.0. The van der Waals surface area contributed by atoms with Crippen molar-refractivity contribution in [2.45, 2.75) is 160 Å². The van der Waals surface area contributed by atoms with Crippen LogP contribution in [0.15, 0.2) is 120 Å². The highest BCUT2D eigenvalue weighted by atomic mass is 79.9. The van der Waals surface area contributed by atoms with Crippen LogP contribution in [0.3, 0.4) is 0 Å². The molecule has 5 aromatic carbocycles. The van der Waals surface area contributed by atoms with E-state index >= 15 is 0 Å². The Balaban J connectivity index is 0.000000144. The molecule has 3 amide bonds. The zero-order valence-electron chi connectivity index (χ0n) is 57.2. The number of anilines is 1. The first kappa shape index (κ1) is 68.7. The van der Waals surface area contributed by atoms with Gasteiger partial charge in [-0.1, -0.05) is 72.8 Å². The lowest BCUT2D eigenvalue weighted by molar-refractivity contribution is 0.0213. The summed E-state index contributed by atoms with van der Waals surface area (Å²) in [7, 11) is -1.38. The molecule has 0 aliphatic carbocycles. The second-order valence-corrected chi connectivity index (χ2v) is 28.4. The molecule has 10 aromatic rings. The SMILES string of the molecule is Cc1cccc(C)c1-n1nc2c(c1-c1ccc3[nH]ccc3c1)CN(C(=O)OC(C)(C)C)CC2.Cc1cccc(C)c1-n1nc2c(c1Br)CN(C(=O)OC(C)(C)C)CC2.Cc1cccc(C)c1-n1nc2c(c1N)CN(C(=O)OC(C)(C)C)CC2.OB(O)c1ccc2[nH]ccc2c1. The van der Waals surface area contributed by atoms with Crippen LogP contribution in [0.1, 0.15) is 129 Å². The standard InChI is InChI=1S/C27H30N4O2.C19H24BrN3O2.C19H26N4O2.C8H8BNO2/c1-17-7-6-8-18(2)24(17)31-25(20-9-10-22-19(15-20)11-13-28-22)21-16-30(14-12-23(21)29-31)26(32)33-27(3,4)5;2*1-12-7-6-8-13(2)16(12)23-17(20)14-11-22(10-9-15(14)21-23)18(24)25-19(3,4)5;11-9(12)7-1-2-8-6(5-7)3-4-10-8/h6-11,13,15,28H,12,14,16H2,1-5H3;6-8H,9-11H2,1-5H3;6-8H,9-11,20H2,1-5H3;1-5,10-12H. The van der Waals surface area contributed by atoms with Crippen molar-refractivity contribution in [3.63, 3.8) is 0 Å². The van der Waals surface area contributed by atoms with Gasteiger partial charge in [-0.3, -0.25) is 0 Å². The predicted octanol–water partition coefficient (Wildman–Crippen LogP) is 13.7. The van der Waals surface area contributed by atoms with Gasteiger partial charge in [-0.2, -0.15) is 15.3 Å². The van der Waals surface area contributed by atoms with Crippen LogP contribution in [0.5, 0.6) is 0 Å². The van der Waals surface area contributed by atoms with Crippen molar-refractivity contribution in [3.05, 3.63) is 187 Å². The lowest BCUT2D eigenvalue weighted by atomic mass is 9.80. The van der Waals surface area contributed by atoms with E-state index < -0.39 is 23.9 Å². The van der Waals surface area contributed by atoms with Crippen molar-refractivity contribution < 1.29 is 38.6 Å². The fourth-order valence-electron chi connectivity index (χ4n) is 12.2. The van der Waals surface area contributed by atoms with E-state index in [1.807, 2.05) is 102 Å². The molecular formula is C73H88BBrN12O8. The maximum absolute atomic E-state index is 12.9. The number of carbonyl (C=O) groups is 3. The van der Waals surface area contributed by atoms with Crippen molar-refractivity contribution in [2.75, 3.05) is 25.4 Å². The molecule has 0 fully saturated rings. The number of aromatic amines is 2. The highest BCUT2D eigenvalue weighted by molar-refractivity contribution is 9.10. The minimum atomic E-state index is -1.38. The molecule has 8 heterocycles. The molecule has 3 aliphatic heterocycles. The van der Waals surface area contributed by atoms with Crippen LogP contribution in [0.4, 0.5) is 20.2 Å². The van der Waals surface area contributed by atoms with Gasteiger partial charge in [0.25, 0.3) is 0 Å². The Hall–Kier alpha value is -9.12. The highest BCUT2D eigenvalue weighted by Crippen LogP contribution is 2.38. The number of amides is 3. The summed E-state index contributed by atoms with van der Waals surface area (Å²) < 4.78 is 23.4. The van der Waals surface area contributed by atoms with Gasteiger partial charge in [0.15, 0.2) is 0 Å². The average Bonchev–Trinajstić information content (AvgIpc) is 1.62. The van der Waals surface area contributed by atoms with Crippen LogP contribution in [0.25, 0.3) is 50.1 Å². The number of rotatable bonds is 5. The Morgan fingerprint density at radius 1 is 0.495 bits per heavy atom. The fraction of sp³-hybridized carbons (Fsp3) is 0.370. The first-order valence-electron chi connectivity index (χ1n) is 32.2. The summed E-state index contributed by atoms with van der Waals surface area (Å²) in [5.41, 5.74) is 25.8. The topological polar surface area (TPSA) is 240 Å². The number of aryl methyl sites for hydroxylation is 6. The lowest BCUT2D eigenvalue weighted by Crippen LogP contribution is -2.39. The molecule has 3 aliphatic rings. The Morgan fingerprint density at radius 2 is 0.863 bits per heavy atom. The quantitative estimate of drug-likeness (QED) is 0.0799. The number of aromatic nitrogens is 8. The number of halogens is 1. The number of nitrogen functional groups attached to an aromatic ring is 1. The first-order valence-corrected chi connectivity index (χ1v) is 33.0. The van der Waals surface area contributed by atoms with Gasteiger partial charge >= 0.3 is 25.4 Å². The normalized spacial score (nSPS) is 13.7. The largest absolute Gasteiger partial charge is 0.488 e. The number of para-hydroxylation sites is 3. The van der Waals surface area contributed by atoms with Crippen LogP contribution in [-0.4, -0.2) is 126 Å². The number of carbonyl (C=O) groups excluding carboxylic acids is 3. The summed E-state index contributed by atoms with van der Waals surface area (Å²) in [6, 6.07) is 34.3. The average molecular weight is 1350 g/mol. The molecule has 0 unspecified atom stereocenters. The third-order valence-corrected chi connectivity index (χ3v) is 17.5. The van der Waals surface area contributed by atoms with E-state index in [1.165, 1.54) is 22.3 Å². The summed E-state index contributed by atoms with van der Waals surface area (Å²) in [6.07, 6.45) is 5.02. The van der Waals surface area contributed by atoms with E-state index in [9.17, 15) is 14.4 Å². The van der Waals surface area contributed by atoms with Crippen LogP contribution in [0.2, 0.25) is 0 Å². The molecule has 13 rings (SSSR count). The minimum Gasteiger partial charge on any atom is -0.444 e. The van der Waals surface area contributed by atoms with Gasteiger partial charge in [-0.25, -0.2) is 28.4 Å². The van der Waals surface area contributed by atoms with E-state index in [0.717, 1.165) is 106 Å². The van der Waals surface area contributed by atoms with Gasteiger partial charge in [0.05, 0.1) is 59.5 Å². The zero-order chi connectivity index (χ0) is 68.6. The number of nitrogens with zero attached hydrogens (tertiary/aromatic N) is 9. The Bertz CT molecular complexity index is 4280. The van der Waals surface area contributed by atoms with Gasteiger partial charge in [-0.05, 0) is 194 Å².